The molecule has 11 aromatic rings. The predicted octanol–water partition coefficient (Wildman–Crippen LogP) is 10.8. The maximum Gasteiger partial charge on any atom is 0.248 e. The summed E-state index contributed by atoms with van der Waals surface area (Å²) in [5.41, 5.74) is 7.70. The number of fused-ring (bicyclic) bond motifs is 6. The third-order valence-corrected chi connectivity index (χ3v) is 9.38. The smallest absolute Gasteiger partial charge is 0.248 e. The van der Waals surface area contributed by atoms with Crippen molar-refractivity contribution in [3.05, 3.63) is 127 Å². The van der Waals surface area contributed by atoms with Crippen LogP contribution in [0.4, 0.5) is 0 Å². The van der Waals surface area contributed by atoms with Crippen molar-refractivity contribution in [1.82, 2.24) is 14.5 Å². The largest absolute Gasteiger partial charge is 0.456 e. The molecule has 0 aliphatic carbocycles. The highest BCUT2D eigenvalue weighted by Crippen LogP contribution is 2.47. The lowest BCUT2D eigenvalue weighted by molar-refractivity contribution is 0.652. The molecule has 0 amide bonds. The number of para-hydroxylation sites is 1. The van der Waals surface area contributed by atoms with E-state index in [1.807, 2.05) is 42.5 Å². The van der Waals surface area contributed by atoms with Gasteiger partial charge in [-0.2, -0.15) is 4.98 Å². The lowest BCUT2D eigenvalue weighted by Gasteiger charge is -2.12. The topological polar surface area (TPSA) is 57.0 Å². The molecule has 11 rings (SSSR count). The van der Waals surface area contributed by atoms with Crippen molar-refractivity contribution in [3.63, 3.8) is 0 Å². The van der Waals surface area contributed by atoms with Gasteiger partial charge in [0.1, 0.15) is 28.0 Å². The van der Waals surface area contributed by atoms with Crippen LogP contribution in [0.1, 0.15) is 0 Å². The van der Waals surface area contributed by atoms with E-state index < -0.39 is 0 Å². The molecule has 0 aliphatic heterocycles. The summed E-state index contributed by atoms with van der Waals surface area (Å²) >= 11 is 0. The van der Waals surface area contributed by atoms with E-state index in [1.165, 1.54) is 26.9 Å². The molecule has 0 saturated heterocycles. The number of hydrogen-bond acceptors (Lipinski definition) is 4. The Morgan fingerprint density at radius 2 is 1.07 bits per heavy atom. The van der Waals surface area contributed by atoms with Crippen LogP contribution in [0.15, 0.2) is 136 Å². The lowest BCUT2D eigenvalue weighted by Crippen LogP contribution is -2.03. The van der Waals surface area contributed by atoms with Crippen LogP contribution in [0.2, 0.25) is 0 Å². The first-order valence-corrected chi connectivity index (χ1v) is 15.1. The second kappa shape index (κ2) is 8.24. The van der Waals surface area contributed by atoms with E-state index >= 15 is 0 Å². The molecule has 0 unspecified atom stereocenters. The molecule has 0 N–H and O–H groups in total. The minimum Gasteiger partial charge on any atom is -0.456 e. The van der Waals surface area contributed by atoms with Crippen molar-refractivity contribution in [2.24, 2.45) is 0 Å². The van der Waals surface area contributed by atoms with E-state index in [0.29, 0.717) is 5.71 Å². The van der Waals surface area contributed by atoms with Gasteiger partial charge in [0.05, 0.1) is 11.0 Å². The third-order valence-electron chi connectivity index (χ3n) is 9.38. The number of furan rings is 2. The quantitative estimate of drug-likeness (QED) is 0.206. The minimum absolute atomic E-state index is 0.517. The average molecular weight is 576 g/mol. The van der Waals surface area contributed by atoms with Gasteiger partial charge in [0.2, 0.25) is 5.71 Å². The molecule has 7 aromatic carbocycles. The summed E-state index contributed by atoms with van der Waals surface area (Å²) in [6.45, 7) is 0. The zero-order valence-electron chi connectivity index (χ0n) is 23.8. The van der Waals surface area contributed by atoms with E-state index in [1.54, 1.807) is 0 Å². The lowest BCUT2D eigenvalue weighted by atomic mass is 9.95. The van der Waals surface area contributed by atoms with Gasteiger partial charge in [-0.25, -0.2) is 4.98 Å². The van der Waals surface area contributed by atoms with Gasteiger partial charge in [-0.05, 0) is 57.9 Å². The first kappa shape index (κ1) is 23.3. The van der Waals surface area contributed by atoms with Crippen molar-refractivity contribution in [1.29, 1.82) is 0 Å². The van der Waals surface area contributed by atoms with Gasteiger partial charge < -0.3 is 8.83 Å². The molecule has 5 nitrogen and oxygen atoms in total. The van der Waals surface area contributed by atoms with Crippen LogP contribution in [0.3, 0.4) is 0 Å². The Morgan fingerprint density at radius 3 is 1.91 bits per heavy atom. The Morgan fingerprint density at radius 1 is 0.422 bits per heavy atom. The Kier molecular flexibility index (Phi) is 4.26. The van der Waals surface area contributed by atoms with E-state index in [0.717, 1.165) is 71.9 Å². The molecule has 45 heavy (non-hydrogen) atoms. The summed E-state index contributed by atoms with van der Waals surface area (Å²) in [6, 6.07) is 44.2. The number of aromatic nitrogens is 3. The predicted molar refractivity (Wildman–Crippen MR) is 183 cm³/mol. The highest BCUT2D eigenvalue weighted by molar-refractivity contribution is 6.38. The molecule has 0 radical (unpaired) electrons. The van der Waals surface area contributed by atoms with Crippen molar-refractivity contribution in [2.75, 3.05) is 0 Å². The molecule has 4 aromatic heterocycles. The maximum absolute atomic E-state index is 6.54. The van der Waals surface area contributed by atoms with Gasteiger partial charge in [-0.3, -0.25) is 4.57 Å². The second-order valence-electron chi connectivity index (χ2n) is 11.7. The third kappa shape index (κ3) is 2.92. The van der Waals surface area contributed by atoms with Gasteiger partial charge in [0.15, 0.2) is 5.82 Å². The summed E-state index contributed by atoms with van der Waals surface area (Å²) in [5.74, 6) is 0.727. The Balaban J connectivity index is 1.42. The van der Waals surface area contributed by atoms with E-state index in [9.17, 15) is 0 Å². The standard InChI is InChI=1S/C40H21N3O2/c1-2-10-22(11-3-1)37-39(42-40-38(41-37)27-14-6-7-18-30(27)45-40)43-28-17-8-15-25-23-12-4-5-13-24(23)26-16-9-19-31-34(26)36-32(44-31)21-20-29(43)35(36)33(25)28/h1-21H. The van der Waals surface area contributed by atoms with Crippen LogP contribution in [0.5, 0.6) is 0 Å². The first-order valence-electron chi connectivity index (χ1n) is 15.1. The summed E-state index contributed by atoms with van der Waals surface area (Å²) in [5, 5.41) is 10.3. The minimum atomic E-state index is 0.517. The number of nitrogens with zero attached hydrogens (tertiary/aromatic N) is 3. The van der Waals surface area contributed by atoms with Gasteiger partial charge >= 0.3 is 0 Å². The van der Waals surface area contributed by atoms with Crippen LogP contribution >= 0.6 is 0 Å². The highest BCUT2D eigenvalue weighted by atomic mass is 16.3. The summed E-state index contributed by atoms with van der Waals surface area (Å²) < 4.78 is 15.1. The number of hydrogen-bond donors (Lipinski definition) is 0. The van der Waals surface area contributed by atoms with Crippen LogP contribution in [0, 0.1) is 0 Å². The fourth-order valence-corrected chi connectivity index (χ4v) is 7.55. The average Bonchev–Trinajstić information content (AvgIpc) is 3.76. The van der Waals surface area contributed by atoms with Gasteiger partial charge in [0, 0.05) is 32.5 Å². The van der Waals surface area contributed by atoms with Crippen molar-refractivity contribution >= 4 is 87.5 Å². The SMILES string of the molecule is c1ccc(-c2nc3c(nc2-n2c4cccc5c6ccccc6c6cccc7oc8ccc2c(c8c76)c54)oc2ccccc23)cc1. The first-order chi connectivity index (χ1) is 22.3. The van der Waals surface area contributed by atoms with Crippen molar-refractivity contribution < 1.29 is 8.83 Å². The molecule has 0 bridgehead atoms. The highest BCUT2D eigenvalue weighted by Gasteiger charge is 2.26. The Bertz CT molecular complexity index is 2980. The Labute approximate surface area is 254 Å². The van der Waals surface area contributed by atoms with Gasteiger partial charge in [-0.15, -0.1) is 0 Å². The fourth-order valence-electron chi connectivity index (χ4n) is 7.55. The van der Waals surface area contributed by atoms with Gasteiger partial charge in [0.25, 0.3) is 0 Å². The molecule has 0 atom stereocenters. The maximum atomic E-state index is 6.54. The van der Waals surface area contributed by atoms with E-state index in [-0.39, 0.29) is 0 Å². The van der Waals surface area contributed by atoms with Crippen molar-refractivity contribution in [3.8, 4) is 17.1 Å². The van der Waals surface area contributed by atoms with E-state index in [4.69, 9.17) is 18.8 Å². The Hall–Kier alpha value is -6.20. The summed E-state index contributed by atoms with van der Waals surface area (Å²) in [6.07, 6.45) is 0. The number of rotatable bonds is 2. The van der Waals surface area contributed by atoms with Crippen LogP contribution in [-0.4, -0.2) is 14.5 Å². The van der Waals surface area contributed by atoms with Gasteiger partial charge in [-0.1, -0.05) is 91.0 Å². The van der Waals surface area contributed by atoms with Crippen LogP contribution in [0.25, 0.3) is 105 Å². The fraction of sp³-hybridized carbons (Fsp3) is 0. The molecule has 0 spiro atoms. The van der Waals surface area contributed by atoms with Crippen molar-refractivity contribution in [2.45, 2.75) is 0 Å². The summed E-state index contributed by atoms with van der Waals surface area (Å²) in [4.78, 5) is 10.6. The molecular weight excluding hydrogens is 554 g/mol. The molecule has 0 aliphatic rings. The monoisotopic (exact) mass is 575 g/mol. The van der Waals surface area contributed by atoms with Crippen LogP contribution < -0.4 is 0 Å². The normalized spacial score (nSPS) is 12.4. The molecular formula is C40H21N3O2. The molecule has 4 heterocycles. The van der Waals surface area contributed by atoms with Crippen LogP contribution in [-0.2, 0) is 0 Å². The van der Waals surface area contributed by atoms with E-state index in [2.05, 4.69) is 89.5 Å². The molecule has 208 valence electrons. The zero-order valence-corrected chi connectivity index (χ0v) is 23.8. The second-order valence-corrected chi connectivity index (χ2v) is 11.7. The molecule has 5 heteroatoms. The zero-order chi connectivity index (χ0) is 29.2. The number of benzene rings is 6. The molecule has 0 saturated carbocycles. The molecule has 0 fully saturated rings. The summed E-state index contributed by atoms with van der Waals surface area (Å²) in [7, 11) is 0.